The summed E-state index contributed by atoms with van der Waals surface area (Å²) in [6.45, 7) is 1.18. The summed E-state index contributed by atoms with van der Waals surface area (Å²) in [5, 5.41) is -7.10. The molecule has 0 rings (SSSR count). The molecule has 0 amide bonds. The first-order chi connectivity index (χ1) is 3.81. The van der Waals surface area contributed by atoms with Crippen LogP contribution in [0.1, 0.15) is 13.3 Å². The molecule has 9 heavy (non-hydrogen) atoms. The van der Waals surface area contributed by atoms with E-state index in [0.717, 1.165) is 0 Å². The Labute approximate surface area is 60.9 Å². The van der Waals surface area contributed by atoms with E-state index in [-0.39, 0.29) is 0 Å². The fourth-order valence-corrected chi connectivity index (χ4v) is 0.334. The molecule has 0 saturated carbocycles. The quantitative estimate of drug-likeness (QED) is 0.574. The Kier molecular flexibility index (Phi) is 2.65. The predicted octanol–water partition coefficient (Wildman–Crippen LogP) is 3.13. The Morgan fingerprint density at radius 3 is 1.56 bits per heavy atom. The maximum Gasteiger partial charge on any atom is 0.368 e. The monoisotopic (exact) mass is 180 g/mol. The predicted molar refractivity (Wildman–Crippen MR) is 30.8 cm³/mol. The van der Waals surface area contributed by atoms with Crippen molar-refractivity contribution in [2.45, 2.75) is 23.9 Å². The summed E-state index contributed by atoms with van der Waals surface area (Å²) in [6, 6.07) is 0. The molecule has 1 atom stereocenters. The van der Waals surface area contributed by atoms with Crippen LogP contribution in [0.4, 0.5) is 13.2 Å². The van der Waals surface area contributed by atoms with Crippen molar-refractivity contribution in [1.29, 1.82) is 0 Å². The number of halogens is 5. The Balaban J connectivity index is 4.14. The van der Waals surface area contributed by atoms with Gasteiger partial charge in [0.05, 0.1) is 0 Å². The standard InChI is InChI=1S/C4H5Cl2F3/c1-2-3(5,7)4(6,8)9/h2H2,1H3. The topological polar surface area (TPSA) is 0 Å². The van der Waals surface area contributed by atoms with Gasteiger partial charge in [-0.05, 0) is 11.6 Å². The Morgan fingerprint density at radius 1 is 1.22 bits per heavy atom. The third-order valence-electron chi connectivity index (χ3n) is 0.859. The molecule has 0 aliphatic rings. The van der Waals surface area contributed by atoms with Crippen molar-refractivity contribution < 1.29 is 13.2 Å². The molecular weight excluding hydrogens is 176 g/mol. The molecule has 0 aliphatic heterocycles. The van der Waals surface area contributed by atoms with Gasteiger partial charge in [-0.3, -0.25) is 0 Å². The summed E-state index contributed by atoms with van der Waals surface area (Å²) >= 11 is 8.93. The highest BCUT2D eigenvalue weighted by Crippen LogP contribution is 2.41. The van der Waals surface area contributed by atoms with Gasteiger partial charge in [-0.15, -0.1) is 0 Å². The van der Waals surface area contributed by atoms with Crippen molar-refractivity contribution in [2.24, 2.45) is 0 Å². The van der Waals surface area contributed by atoms with Gasteiger partial charge >= 0.3 is 5.38 Å². The number of hydrogen-bond acceptors (Lipinski definition) is 0. The fourth-order valence-electron chi connectivity index (χ4n) is 0.200. The smallest absolute Gasteiger partial charge is 0.218 e. The zero-order valence-electron chi connectivity index (χ0n) is 4.60. The van der Waals surface area contributed by atoms with Crippen LogP contribution in [0.2, 0.25) is 0 Å². The van der Waals surface area contributed by atoms with E-state index < -0.39 is 16.9 Å². The van der Waals surface area contributed by atoms with Crippen molar-refractivity contribution in [2.75, 3.05) is 0 Å². The number of hydrogen-bond donors (Lipinski definition) is 0. The summed E-state index contributed by atoms with van der Waals surface area (Å²) in [7, 11) is 0. The van der Waals surface area contributed by atoms with Gasteiger partial charge in [-0.25, -0.2) is 4.39 Å². The third-order valence-corrected chi connectivity index (χ3v) is 1.76. The molecule has 0 nitrogen and oxygen atoms in total. The van der Waals surface area contributed by atoms with Crippen LogP contribution in [0.3, 0.4) is 0 Å². The Bertz CT molecular complexity index is 96.5. The summed E-state index contributed by atoms with van der Waals surface area (Å²) in [5.74, 6) is 0. The van der Waals surface area contributed by atoms with E-state index in [2.05, 4.69) is 23.2 Å². The highest BCUT2D eigenvalue weighted by molar-refractivity contribution is 6.32. The second-order valence-corrected chi connectivity index (χ2v) is 2.63. The lowest BCUT2D eigenvalue weighted by molar-refractivity contribution is -0.0213. The Hall–Kier alpha value is 0.370. The molecule has 0 aromatic heterocycles. The van der Waals surface area contributed by atoms with Gasteiger partial charge in [-0.2, -0.15) is 8.78 Å². The van der Waals surface area contributed by atoms with Gasteiger partial charge < -0.3 is 0 Å². The van der Waals surface area contributed by atoms with Crippen molar-refractivity contribution in [1.82, 2.24) is 0 Å². The zero-order valence-corrected chi connectivity index (χ0v) is 6.11. The molecule has 0 aromatic carbocycles. The van der Waals surface area contributed by atoms with E-state index in [1.54, 1.807) is 0 Å². The summed E-state index contributed by atoms with van der Waals surface area (Å²) in [4.78, 5) is 0. The zero-order chi connectivity index (χ0) is 7.71. The minimum atomic E-state index is -3.98. The second kappa shape index (κ2) is 2.54. The minimum absolute atomic E-state index is 0.523. The lowest BCUT2D eigenvalue weighted by Crippen LogP contribution is -2.33. The SMILES string of the molecule is CCC(F)(Cl)C(F)(F)Cl. The molecule has 0 aromatic rings. The lowest BCUT2D eigenvalue weighted by atomic mass is 10.3. The summed E-state index contributed by atoms with van der Waals surface area (Å²) < 4.78 is 35.7. The van der Waals surface area contributed by atoms with Crippen LogP contribution in [-0.4, -0.2) is 10.5 Å². The van der Waals surface area contributed by atoms with E-state index in [1.165, 1.54) is 6.92 Å². The molecule has 0 bridgehead atoms. The van der Waals surface area contributed by atoms with Gasteiger partial charge in [0.1, 0.15) is 0 Å². The molecule has 0 radical (unpaired) electrons. The molecule has 0 N–H and O–H groups in total. The lowest BCUT2D eigenvalue weighted by Gasteiger charge is -2.20. The Morgan fingerprint density at radius 2 is 1.56 bits per heavy atom. The normalized spacial score (nSPS) is 19.3. The van der Waals surface area contributed by atoms with Crippen LogP contribution in [0.15, 0.2) is 0 Å². The van der Waals surface area contributed by atoms with Gasteiger partial charge in [0, 0.05) is 6.42 Å². The van der Waals surface area contributed by atoms with E-state index in [0.29, 0.717) is 0 Å². The van der Waals surface area contributed by atoms with E-state index in [1.807, 2.05) is 0 Å². The van der Waals surface area contributed by atoms with Crippen LogP contribution in [0, 0.1) is 0 Å². The van der Waals surface area contributed by atoms with Crippen molar-refractivity contribution in [3.05, 3.63) is 0 Å². The molecule has 1 unspecified atom stereocenters. The summed E-state index contributed by atoms with van der Waals surface area (Å²) in [5.41, 5.74) is 0. The maximum atomic E-state index is 12.2. The van der Waals surface area contributed by atoms with E-state index in [9.17, 15) is 13.2 Å². The van der Waals surface area contributed by atoms with Crippen LogP contribution < -0.4 is 0 Å². The number of rotatable bonds is 2. The molecule has 0 heterocycles. The minimum Gasteiger partial charge on any atom is -0.218 e. The number of alkyl halides is 5. The molecule has 0 fully saturated rings. The molecular formula is C4H5Cl2F3. The van der Waals surface area contributed by atoms with Crippen LogP contribution in [0.25, 0.3) is 0 Å². The fraction of sp³-hybridized carbons (Fsp3) is 1.00. The van der Waals surface area contributed by atoms with Crippen molar-refractivity contribution >= 4 is 23.2 Å². The first-order valence-electron chi connectivity index (χ1n) is 2.26. The van der Waals surface area contributed by atoms with E-state index >= 15 is 0 Å². The van der Waals surface area contributed by atoms with Gasteiger partial charge in [0.25, 0.3) is 5.13 Å². The maximum absolute atomic E-state index is 12.2. The second-order valence-electron chi connectivity index (χ2n) is 1.56. The largest absolute Gasteiger partial charge is 0.368 e. The van der Waals surface area contributed by atoms with Gasteiger partial charge in [0.2, 0.25) is 0 Å². The first kappa shape index (κ1) is 9.37. The average Bonchev–Trinajstić information content (AvgIpc) is 1.64. The molecule has 0 spiro atoms. The van der Waals surface area contributed by atoms with Crippen LogP contribution in [-0.2, 0) is 0 Å². The van der Waals surface area contributed by atoms with Crippen molar-refractivity contribution in [3.63, 3.8) is 0 Å². The van der Waals surface area contributed by atoms with Gasteiger partial charge in [0.15, 0.2) is 0 Å². The van der Waals surface area contributed by atoms with Crippen LogP contribution >= 0.6 is 23.2 Å². The molecule has 0 aliphatic carbocycles. The van der Waals surface area contributed by atoms with Gasteiger partial charge in [-0.1, -0.05) is 18.5 Å². The van der Waals surface area contributed by atoms with E-state index in [4.69, 9.17) is 0 Å². The highest BCUT2D eigenvalue weighted by atomic mass is 35.5. The highest BCUT2D eigenvalue weighted by Gasteiger charge is 2.50. The summed E-state index contributed by atoms with van der Waals surface area (Å²) in [6.07, 6.45) is -0.523. The van der Waals surface area contributed by atoms with Crippen molar-refractivity contribution in [3.8, 4) is 0 Å². The molecule has 5 heteroatoms. The van der Waals surface area contributed by atoms with Crippen LogP contribution in [0.5, 0.6) is 0 Å². The third kappa shape index (κ3) is 2.22. The molecule has 56 valence electrons. The average molecular weight is 181 g/mol. The molecule has 0 saturated heterocycles. The first-order valence-corrected chi connectivity index (χ1v) is 3.01.